The molecule has 0 aliphatic heterocycles. The number of imidazole rings is 1. The molecule has 0 radical (unpaired) electrons. The maximum absolute atomic E-state index is 4.58. The Morgan fingerprint density at radius 2 is 1.82 bits per heavy atom. The van der Waals surface area contributed by atoms with Crippen molar-refractivity contribution in [2.75, 3.05) is 0 Å². The van der Waals surface area contributed by atoms with Crippen LogP contribution in [-0.4, -0.2) is 9.97 Å². The van der Waals surface area contributed by atoms with Gasteiger partial charge in [-0.05, 0) is 36.8 Å². The van der Waals surface area contributed by atoms with Gasteiger partial charge >= 0.3 is 0 Å². The lowest BCUT2D eigenvalue weighted by molar-refractivity contribution is 1.33. The quantitative estimate of drug-likeness (QED) is 0.710. The smallest absolute Gasteiger partial charge is 0.138 e. The lowest BCUT2D eigenvalue weighted by atomic mass is 10.2. The lowest BCUT2D eigenvalue weighted by Crippen LogP contribution is -1.78. The summed E-state index contributed by atoms with van der Waals surface area (Å²) in [4.78, 5) is 7.93. The first-order chi connectivity index (χ1) is 8.22. The number of aryl methyl sites for hydroxylation is 1. The normalized spacial score (nSPS) is 10.9. The second-order valence-corrected chi connectivity index (χ2v) is 5.03. The number of hydrogen-bond acceptors (Lipinski definition) is 1. The first-order valence-electron chi connectivity index (χ1n) is 5.45. The molecule has 1 N–H and O–H groups in total. The summed E-state index contributed by atoms with van der Waals surface area (Å²) in [6.07, 6.45) is 0. The SMILES string of the molecule is Cc1ccc2nc(-c3ccc(Br)cc3)[nH]c2c1. The van der Waals surface area contributed by atoms with Gasteiger partial charge in [0.15, 0.2) is 0 Å². The zero-order valence-electron chi connectivity index (χ0n) is 9.37. The lowest BCUT2D eigenvalue weighted by Gasteiger charge is -1.95. The summed E-state index contributed by atoms with van der Waals surface area (Å²) in [5.41, 5.74) is 4.43. The molecular weight excluding hydrogens is 276 g/mol. The molecule has 84 valence electrons. The van der Waals surface area contributed by atoms with Crippen LogP contribution in [0, 0.1) is 6.92 Å². The van der Waals surface area contributed by atoms with Crippen molar-refractivity contribution in [3.8, 4) is 11.4 Å². The number of aromatic nitrogens is 2. The van der Waals surface area contributed by atoms with Crippen molar-refractivity contribution < 1.29 is 0 Å². The number of fused-ring (bicyclic) bond motifs is 1. The van der Waals surface area contributed by atoms with Gasteiger partial charge in [-0.2, -0.15) is 0 Å². The molecule has 17 heavy (non-hydrogen) atoms. The van der Waals surface area contributed by atoms with Crippen LogP contribution in [0.2, 0.25) is 0 Å². The number of hydrogen-bond donors (Lipinski definition) is 1. The Bertz CT molecular complexity index is 668. The van der Waals surface area contributed by atoms with Gasteiger partial charge in [0.2, 0.25) is 0 Å². The third-order valence-corrected chi connectivity index (χ3v) is 3.28. The van der Waals surface area contributed by atoms with Crippen molar-refractivity contribution in [2.45, 2.75) is 6.92 Å². The molecule has 0 spiro atoms. The summed E-state index contributed by atoms with van der Waals surface area (Å²) >= 11 is 3.43. The fourth-order valence-electron chi connectivity index (χ4n) is 1.87. The van der Waals surface area contributed by atoms with E-state index < -0.39 is 0 Å². The summed E-state index contributed by atoms with van der Waals surface area (Å²) in [6.45, 7) is 2.08. The number of halogens is 1. The largest absolute Gasteiger partial charge is 0.338 e. The van der Waals surface area contributed by atoms with E-state index in [1.807, 2.05) is 18.2 Å². The van der Waals surface area contributed by atoms with E-state index in [1.165, 1.54) is 5.56 Å². The highest BCUT2D eigenvalue weighted by atomic mass is 79.9. The van der Waals surface area contributed by atoms with Crippen LogP contribution < -0.4 is 0 Å². The minimum atomic E-state index is 0.915. The van der Waals surface area contributed by atoms with E-state index >= 15 is 0 Å². The molecule has 0 aliphatic rings. The Morgan fingerprint density at radius 1 is 1.06 bits per heavy atom. The second-order valence-electron chi connectivity index (χ2n) is 4.11. The van der Waals surface area contributed by atoms with Crippen molar-refractivity contribution in [3.63, 3.8) is 0 Å². The van der Waals surface area contributed by atoms with Crippen molar-refractivity contribution >= 4 is 27.0 Å². The highest BCUT2D eigenvalue weighted by molar-refractivity contribution is 9.10. The van der Waals surface area contributed by atoms with Crippen molar-refractivity contribution in [3.05, 3.63) is 52.5 Å². The predicted octanol–water partition coefficient (Wildman–Crippen LogP) is 4.30. The Kier molecular flexibility index (Phi) is 2.48. The Hall–Kier alpha value is -1.61. The van der Waals surface area contributed by atoms with Gasteiger partial charge in [0.05, 0.1) is 11.0 Å². The first kappa shape index (κ1) is 10.5. The second kappa shape index (κ2) is 4.00. The monoisotopic (exact) mass is 286 g/mol. The highest BCUT2D eigenvalue weighted by Gasteiger charge is 2.04. The summed E-state index contributed by atoms with van der Waals surface area (Å²) < 4.78 is 1.08. The third kappa shape index (κ3) is 1.98. The van der Waals surface area contributed by atoms with Crippen LogP contribution in [0.1, 0.15) is 5.56 Å². The predicted molar refractivity (Wildman–Crippen MR) is 74.0 cm³/mol. The zero-order valence-corrected chi connectivity index (χ0v) is 11.0. The molecule has 0 saturated heterocycles. The summed E-state index contributed by atoms with van der Waals surface area (Å²) in [5, 5.41) is 0. The molecule has 0 atom stereocenters. The average molecular weight is 287 g/mol. The molecule has 1 heterocycles. The van der Waals surface area contributed by atoms with Crippen molar-refractivity contribution in [1.82, 2.24) is 9.97 Å². The molecule has 0 fully saturated rings. The molecule has 3 aromatic rings. The first-order valence-corrected chi connectivity index (χ1v) is 6.24. The molecule has 0 unspecified atom stereocenters. The minimum Gasteiger partial charge on any atom is -0.338 e. The van der Waals surface area contributed by atoms with Crippen LogP contribution in [0.4, 0.5) is 0 Å². The van der Waals surface area contributed by atoms with E-state index in [4.69, 9.17) is 0 Å². The van der Waals surface area contributed by atoms with E-state index in [2.05, 4.69) is 57.1 Å². The van der Waals surface area contributed by atoms with Crippen LogP contribution in [0.15, 0.2) is 46.9 Å². The van der Waals surface area contributed by atoms with Gasteiger partial charge in [-0.3, -0.25) is 0 Å². The molecule has 3 rings (SSSR count). The van der Waals surface area contributed by atoms with E-state index in [9.17, 15) is 0 Å². The van der Waals surface area contributed by atoms with Gasteiger partial charge in [0.1, 0.15) is 5.82 Å². The fraction of sp³-hybridized carbons (Fsp3) is 0.0714. The summed E-state index contributed by atoms with van der Waals surface area (Å²) in [6, 6.07) is 14.4. The van der Waals surface area contributed by atoms with Crippen LogP contribution in [-0.2, 0) is 0 Å². The number of aromatic amines is 1. The number of nitrogens with zero attached hydrogens (tertiary/aromatic N) is 1. The Balaban J connectivity index is 2.14. The minimum absolute atomic E-state index is 0.915. The van der Waals surface area contributed by atoms with Crippen LogP contribution in [0.25, 0.3) is 22.4 Å². The maximum Gasteiger partial charge on any atom is 0.138 e. The van der Waals surface area contributed by atoms with Crippen LogP contribution in [0.5, 0.6) is 0 Å². The molecule has 2 nitrogen and oxygen atoms in total. The molecule has 0 aliphatic carbocycles. The molecular formula is C14H11BrN2. The van der Waals surface area contributed by atoms with Gasteiger partial charge in [0, 0.05) is 10.0 Å². The average Bonchev–Trinajstić information content (AvgIpc) is 2.72. The van der Waals surface area contributed by atoms with Gasteiger partial charge < -0.3 is 4.98 Å². The van der Waals surface area contributed by atoms with Gasteiger partial charge in [-0.1, -0.05) is 34.1 Å². The molecule has 0 saturated carbocycles. The number of nitrogens with one attached hydrogen (secondary N) is 1. The van der Waals surface area contributed by atoms with E-state index in [-0.39, 0.29) is 0 Å². The molecule has 1 aromatic heterocycles. The molecule has 0 amide bonds. The topological polar surface area (TPSA) is 28.7 Å². The van der Waals surface area contributed by atoms with Crippen LogP contribution in [0.3, 0.4) is 0 Å². The molecule has 0 bridgehead atoms. The van der Waals surface area contributed by atoms with Crippen molar-refractivity contribution in [1.29, 1.82) is 0 Å². The molecule has 2 aromatic carbocycles. The van der Waals surface area contributed by atoms with Crippen molar-refractivity contribution in [2.24, 2.45) is 0 Å². The Morgan fingerprint density at radius 3 is 2.59 bits per heavy atom. The zero-order chi connectivity index (χ0) is 11.8. The highest BCUT2D eigenvalue weighted by Crippen LogP contribution is 2.22. The van der Waals surface area contributed by atoms with Gasteiger partial charge in [-0.15, -0.1) is 0 Å². The van der Waals surface area contributed by atoms with E-state index in [0.717, 1.165) is 26.9 Å². The molecule has 3 heteroatoms. The maximum atomic E-state index is 4.58. The standard InChI is InChI=1S/C14H11BrN2/c1-9-2-7-12-13(8-9)17-14(16-12)10-3-5-11(15)6-4-10/h2-8H,1H3,(H,16,17). The summed E-state index contributed by atoms with van der Waals surface area (Å²) in [5.74, 6) is 0.915. The Labute approximate surface area is 108 Å². The third-order valence-electron chi connectivity index (χ3n) is 2.76. The number of benzene rings is 2. The number of H-pyrrole nitrogens is 1. The van der Waals surface area contributed by atoms with Gasteiger partial charge in [-0.25, -0.2) is 4.98 Å². The van der Waals surface area contributed by atoms with E-state index in [0.29, 0.717) is 0 Å². The van der Waals surface area contributed by atoms with Crippen LogP contribution >= 0.6 is 15.9 Å². The fourth-order valence-corrected chi connectivity index (χ4v) is 2.13. The summed E-state index contributed by atoms with van der Waals surface area (Å²) in [7, 11) is 0. The van der Waals surface area contributed by atoms with Gasteiger partial charge in [0.25, 0.3) is 0 Å². The number of rotatable bonds is 1. The van der Waals surface area contributed by atoms with E-state index in [1.54, 1.807) is 0 Å².